The Morgan fingerprint density at radius 1 is 1.09 bits per heavy atom. The van der Waals surface area contributed by atoms with Crippen LogP contribution in [0.15, 0.2) is 61.3 Å². The molecule has 1 aliphatic heterocycles. The van der Waals surface area contributed by atoms with Crippen molar-refractivity contribution in [2.45, 2.75) is 75.4 Å². The van der Waals surface area contributed by atoms with Crippen LogP contribution in [-0.4, -0.2) is 104 Å². The lowest BCUT2D eigenvalue weighted by Gasteiger charge is -2.36. The van der Waals surface area contributed by atoms with Crippen molar-refractivity contribution >= 4 is 61.7 Å². The molecule has 3 N–H and O–H groups in total. The number of carbonyl (C=O) groups excluding carboxylic acids is 4. The summed E-state index contributed by atoms with van der Waals surface area (Å²) >= 11 is 6.36. The summed E-state index contributed by atoms with van der Waals surface area (Å²) in [5.41, 5.74) is -1.16. The molecule has 1 saturated heterocycles. The van der Waals surface area contributed by atoms with Crippen LogP contribution in [0.1, 0.15) is 56.8 Å². The maximum atomic E-state index is 14.8. The summed E-state index contributed by atoms with van der Waals surface area (Å²) in [5, 5.41) is 7.22. The van der Waals surface area contributed by atoms with E-state index >= 15 is 0 Å². The highest BCUT2D eigenvalue weighted by atomic mass is 35.5. The fourth-order valence-corrected chi connectivity index (χ4v) is 8.46. The van der Waals surface area contributed by atoms with Crippen molar-refractivity contribution in [1.29, 1.82) is 0 Å². The number of hydrogen-bond donors (Lipinski definition) is 3. The molecule has 3 aliphatic rings. The Bertz CT molecular complexity index is 2140. The van der Waals surface area contributed by atoms with Gasteiger partial charge in [0.25, 0.3) is 11.8 Å². The van der Waals surface area contributed by atoms with Crippen LogP contribution in [0.2, 0.25) is 5.02 Å². The largest absolute Gasteiger partial charge is 0.494 e. The number of nitrogens with one attached hydrogen (secondary N) is 3. The predicted molar refractivity (Wildman–Crippen MR) is 208 cm³/mol. The van der Waals surface area contributed by atoms with Gasteiger partial charge in [-0.2, -0.15) is 0 Å². The molecule has 2 saturated carbocycles. The van der Waals surface area contributed by atoms with Crippen molar-refractivity contribution in [3.8, 4) is 11.6 Å². The number of anilines is 1. The average Bonchev–Trinajstić information content (AvgIpc) is 4.06. The number of likely N-dealkylation sites (tertiary alicyclic amines) is 1. The van der Waals surface area contributed by atoms with Crippen LogP contribution < -0.4 is 24.8 Å². The summed E-state index contributed by atoms with van der Waals surface area (Å²) in [5.74, 6) is -1.84. The molecule has 4 amide bonds. The number of sulfonamides is 1. The molecule has 0 unspecified atom stereocenters. The Balaban J connectivity index is 1.31. The number of amides is 4. The number of carbonyl (C=O) groups is 4. The highest BCUT2D eigenvalue weighted by Gasteiger charge is 2.62. The van der Waals surface area contributed by atoms with E-state index in [0.717, 1.165) is 0 Å². The summed E-state index contributed by atoms with van der Waals surface area (Å²) in [6.07, 6.45) is 3.39. The van der Waals surface area contributed by atoms with E-state index in [-0.39, 0.29) is 31.2 Å². The standard InChI is InChI=1S/C39H47ClN6O8S/c1-8-23-19-39(23,37(50)44-55(51,52)27-14-15-27)43-33(47)30-18-26(54-34-29-17-24(40)11-16-28(29)31(53-7)20-41-34)21-46(30)36(49)32(38(2,3)4)42-25-12-9-22(10-13-25)35(48)45(5)6/h8-13,16-17,20,23,26-27,30,32,42H,1,14-15,18-19,21H2,2-7H3,(H,43,47)(H,44,50)/t23-,26-,30+,32-,39-/m1/s1. The van der Waals surface area contributed by atoms with Crippen LogP contribution in [0.5, 0.6) is 11.6 Å². The van der Waals surface area contributed by atoms with E-state index in [9.17, 15) is 27.6 Å². The first-order valence-corrected chi connectivity index (χ1v) is 20.0. The maximum absolute atomic E-state index is 14.8. The summed E-state index contributed by atoms with van der Waals surface area (Å²) in [6, 6.07) is 9.99. The van der Waals surface area contributed by atoms with Crippen molar-refractivity contribution < 1.29 is 37.1 Å². The number of methoxy groups -OCH3 is 1. The third-order valence-electron chi connectivity index (χ3n) is 10.3. The van der Waals surface area contributed by atoms with Crippen LogP contribution in [0.25, 0.3) is 10.8 Å². The fourth-order valence-electron chi connectivity index (χ4n) is 6.92. The Morgan fingerprint density at radius 3 is 2.36 bits per heavy atom. The van der Waals surface area contributed by atoms with Gasteiger partial charge in [0.05, 0.1) is 25.1 Å². The molecule has 14 nitrogen and oxygen atoms in total. The van der Waals surface area contributed by atoms with E-state index in [0.29, 0.717) is 45.6 Å². The van der Waals surface area contributed by atoms with Crippen molar-refractivity contribution in [2.75, 3.05) is 33.1 Å². The molecular formula is C39H47ClN6O8S. The Labute approximate surface area is 326 Å². The van der Waals surface area contributed by atoms with Gasteiger partial charge < -0.3 is 29.9 Å². The second-order valence-corrected chi connectivity index (χ2v) is 18.1. The van der Waals surface area contributed by atoms with Gasteiger partial charge in [0.2, 0.25) is 27.7 Å². The quantitative estimate of drug-likeness (QED) is 0.213. The van der Waals surface area contributed by atoms with Gasteiger partial charge in [-0.3, -0.25) is 23.9 Å². The van der Waals surface area contributed by atoms with E-state index in [1.54, 1.807) is 56.6 Å². The Kier molecular flexibility index (Phi) is 10.8. The van der Waals surface area contributed by atoms with Crippen molar-refractivity contribution in [2.24, 2.45) is 11.3 Å². The zero-order chi connectivity index (χ0) is 40.0. The van der Waals surface area contributed by atoms with Gasteiger partial charge >= 0.3 is 0 Å². The number of fused-ring (bicyclic) bond motifs is 1. The summed E-state index contributed by atoms with van der Waals surface area (Å²) < 4.78 is 39.6. The molecule has 16 heteroatoms. The predicted octanol–water partition coefficient (Wildman–Crippen LogP) is 4.14. The molecule has 2 aliphatic carbocycles. The molecule has 3 aromatic rings. The van der Waals surface area contributed by atoms with Crippen molar-refractivity contribution in [3.63, 3.8) is 0 Å². The Morgan fingerprint density at radius 2 is 1.78 bits per heavy atom. The summed E-state index contributed by atoms with van der Waals surface area (Å²) in [6.45, 7) is 9.44. The highest BCUT2D eigenvalue weighted by molar-refractivity contribution is 7.91. The Hall–Kier alpha value is -4.89. The molecule has 0 radical (unpaired) electrons. The third-order valence-corrected chi connectivity index (χ3v) is 12.4. The first kappa shape index (κ1) is 39.8. The van der Waals surface area contributed by atoms with Crippen LogP contribution in [-0.2, 0) is 24.4 Å². The molecule has 2 aromatic carbocycles. The van der Waals surface area contributed by atoms with Gasteiger partial charge in [-0.25, -0.2) is 13.4 Å². The maximum Gasteiger partial charge on any atom is 0.259 e. The van der Waals surface area contributed by atoms with Crippen molar-refractivity contribution in [1.82, 2.24) is 24.8 Å². The second-order valence-electron chi connectivity index (χ2n) is 15.7. The number of aromatic nitrogens is 1. The van der Waals surface area contributed by atoms with Crippen LogP contribution in [0.3, 0.4) is 0 Å². The molecule has 1 aromatic heterocycles. The molecule has 5 atom stereocenters. The van der Waals surface area contributed by atoms with E-state index in [4.69, 9.17) is 21.1 Å². The third kappa shape index (κ3) is 8.23. The zero-order valence-electron chi connectivity index (χ0n) is 31.7. The molecule has 55 heavy (non-hydrogen) atoms. The SMILES string of the molecule is C=C[C@@H]1C[C@]1(NC(=O)[C@@H]1C[C@@H](Oc2ncc(OC)c3ccc(Cl)cc23)CN1C(=O)[C@@H](Nc1ccc(C(=O)N(C)C)cc1)C(C)(C)C)C(=O)NS(=O)(=O)C1CC1. The normalized spacial score (nSPS) is 22.7. The molecule has 294 valence electrons. The van der Waals surface area contributed by atoms with Crippen LogP contribution in [0, 0.1) is 11.3 Å². The number of rotatable bonds is 13. The monoisotopic (exact) mass is 794 g/mol. The molecule has 0 bridgehead atoms. The molecule has 0 spiro atoms. The van der Waals surface area contributed by atoms with E-state index < -0.39 is 68.1 Å². The second kappa shape index (κ2) is 15.0. The minimum atomic E-state index is -3.90. The van der Waals surface area contributed by atoms with Crippen LogP contribution in [0.4, 0.5) is 5.69 Å². The fraction of sp³-hybridized carbons (Fsp3) is 0.462. The minimum absolute atomic E-state index is 0.0165. The van der Waals surface area contributed by atoms with E-state index in [1.807, 2.05) is 20.8 Å². The number of pyridine rings is 1. The number of benzene rings is 2. The van der Waals surface area contributed by atoms with Gasteiger partial charge in [-0.05, 0) is 67.1 Å². The number of halogens is 1. The highest BCUT2D eigenvalue weighted by Crippen LogP contribution is 2.46. The topological polar surface area (TPSA) is 176 Å². The lowest BCUT2D eigenvalue weighted by Crippen LogP contribution is -2.58. The summed E-state index contributed by atoms with van der Waals surface area (Å²) in [4.78, 5) is 62.6. The molecule has 3 fully saturated rings. The molecule has 2 heterocycles. The average molecular weight is 795 g/mol. The van der Waals surface area contributed by atoms with Gasteiger partial charge in [0.1, 0.15) is 29.5 Å². The van der Waals surface area contributed by atoms with Gasteiger partial charge in [-0.15, -0.1) is 6.58 Å². The number of nitrogens with zero attached hydrogens (tertiary/aromatic N) is 3. The molecule has 6 rings (SSSR count). The van der Waals surface area contributed by atoms with E-state index in [1.165, 1.54) is 29.2 Å². The zero-order valence-corrected chi connectivity index (χ0v) is 33.3. The summed E-state index contributed by atoms with van der Waals surface area (Å²) in [7, 11) is 0.947. The molecular weight excluding hydrogens is 748 g/mol. The van der Waals surface area contributed by atoms with E-state index in [2.05, 4.69) is 26.9 Å². The first-order valence-electron chi connectivity index (χ1n) is 18.1. The van der Waals surface area contributed by atoms with Gasteiger partial charge in [0.15, 0.2) is 0 Å². The number of ether oxygens (including phenoxy) is 2. The van der Waals surface area contributed by atoms with Gasteiger partial charge in [-0.1, -0.05) is 38.4 Å². The lowest BCUT2D eigenvalue weighted by atomic mass is 9.85. The lowest BCUT2D eigenvalue weighted by molar-refractivity contribution is -0.141. The number of hydrogen-bond acceptors (Lipinski definition) is 10. The first-order chi connectivity index (χ1) is 25.9. The van der Waals surface area contributed by atoms with Crippen molar-refractivity contribution in [3.05, 3.63) is 71.9 Å². The van der Waals surface area contributed by atoms with Gasteiger partial charge in [0, 0.05) is 53.5 Å². The minimum Gasteiger partial charge on any atom is -0.494 e. The smallest absolute Gasteiger partial charge is 0.259 e. The van der Waals surface area contributed by atoms with Crippen LogP contribution >= 0.6 is 11.6 Å².